The Morgan fingerprint density at radius 2 is 1.74 bits per heavy atom. The van der Waals surface area contributed by atoms with Gasteiger partial charge in [-0.15, -0.1) is 0 Å². The molecule has 0 amide bonds. The van der Waals surface area contributed by atoms with Crippen molar-refractivity contribution in [2.45, 2.75) is 37.8 Å². The molecule has 1 N–H and O–H groups in total. The summed E-state index contributed by atoms with van der Waals surface area (Å²) >= 11 is 0. The molecule has 2 aliphatic rings. The summed E-state index contributed by atoms with van der Waals surface area (Å²) in [6, 6.07) is 18.4. The highest BCUT2D eigenvalue weighted by atomic mass is 14.9. The molecule has 1 aliphatic carbocycles. The lowest BCUT2D eigenvalue weighted by Gasteiger charge is -2.26. The number of hydrogen-bond acceptors (Lipinski definition) is 1. The van der Waals surface area contributed by atoms with E-state index < -0.39 is 0 Å². The van der Waals surface area contributed by atoms with Crippen molar-refractivity contribution in [3.05, 3.63) is 70.8 Å². The fourth-order valence-corrected chi connectivity index (χ4v) is 3.33. The second-order valence-electron chi connectivity index (χ2n) is 5.81. The Kier molecular flexibility index (Phi) is 2.66. The molecule has 0 saturated heterocycles. The van der Waals surface area contributed by atoms with Gasteiger partial charge in [-0.3, -0.25) is 0 Å². The molecule has 4 rings (SSSR count). The van der Waals surface area contributed by atoms with Gasteiger partial charge in [-0.2, -0.15) is 0 Å². The van der Waals surface area contributed by atoms with Crippen molar-refractivity contribution in [2.75, 3.05) is 0 Å². The Labute approximate surface area is 114 Å². The molecule has 1 unspecified atom stereocenters. The lowest BCUT2D eigenvalue weighted by Crippen LogP contribution is -2.15. The van der Waals surface area contributed by atoms with Crippen molar-refractivity contribution in [3.8, 4) is 0 Å². The Morgan fingerprint density at radius 1 is 0.895 bits per heavy atom. The zero-order valence-corrected chi connectivity index (χ0v) is 11.1. The minimum Gasteiger partial charge on any atom is -0.302 e. The molecule has 19 heavy (non-hydrogen) atoms. The zero-order valence-electron chi connectivity index (χ0n) is 11.1. The first-order valence-electron chi connectivity index (χ1n) is 7.33. The Bertz CT molecular complexity index is 598. The number of rotatable bonds is 2. The second-order valence-corrected chi connectivity index (χ2v) is 5.81. The molecule has 2 aromatic rings. The van der Waals surface area contributed by atoms with E-state index in [2.05, 4.69) is 53.8 Å². The van der Waals surface area contributed by atoms with Crippen molar-refractivity contribution < 1.29 is 0 Å². The molecule has 0 radical (unpaired) electrons. The van der Waals surface area contributed by atoms with Crippen LogP contribution in [0.4, 0.5) is 0 Å². The van der Waals surface area contributed by atoms with Crippen molar-refractivity contribution in [3.63, 3.8) is 0 Å². The Hall–Kier alpha value is -1.60. The molecule has 1 nitrogen and oxygen atoms in total. The van der Waals surface area contributed by atoms with Gasteiger partial charge in [-0.05, 0) is 41.0 Å². The number of nitrogens with one attached hydrogen (secondary N) is 1. The number of hydrogen-bond donors (Lipinski definition) is 1. The summed E-state index contributed by atoms with van der Waals surface area (Å²) in [5.41, 5.74) is 5.86. The van der Waals surface area contributed by atoms with Crippen LogP contribution in [0.1, 0.15) is 53.5 Å². The minimum atomic E-state index is 0.385. The summed E-state index contributed by atoms with van der Waals surface area (Å²) in [4.78, 5) is 0. The van der Waals surface area contributed by atoms with Crippen LogP contribution in [0.25, 0.3) is 0 Å². The van der Waals surface area contributed by atoms with Gasteiger partial charge in [0.05, 0.1) is 6.04 Å². The van der Waals surface area contributed by atoms with E-state index >= 15 is 0 Å². The van der Waals surface area contributed by atoms with Crippen LogP contribution in [0.5, 0.6) is 0 Å². The van der Waals surface area contributed by atoms with E-state index in [9.17, 15) is 0 Å². The van der Waals surface area contributed by atoms with E-state index in [1.165, 1.54) is 41.5 Å². The van der Waals surface area contributed by atoms with Crippen LogP contribution >= 0.6 is 0 Å². The maximum Gasteiger partial charge on any atom is 0.0582 e. The molecule has 0 aromatic heterocycles. The highest BCUT2D eigenvalue weighted by Gasteiger charge is 2.24. The third-order valence-corrected chi connectivity index (χ3v) is 4.68. The average molecular weight is 249 g/mol. The van der Waals surface area contributed by atoms with E-state index in [4.69, 9.17) is 0 Å². The van der Waals surface area contributed by atoms with Gasteiger partial charge in [-0.25, -0.2) is 0 Å². The summed E-state index contributed by atoms with van der Waals surface area (Å²) in [5, 5.41) is 3.64. The van der Waals surface area contributed by atoms with Crippen LogP contribution in [0.3, 0.4) is 0 Å². The van der Waals surface area contributed by atoms with Gasteiger partial charge in [0, 0.05) is 6.54 Å². The van der Waals surface area contributed by atoms with E-state index in [0.29, 0.717) is 6.04 Å². The van der Waals surface area contributed by atoms with Crippen LogP contribution in [-0.2, 0) is 6.54 Å². The molecule has 0 bridgehead atoms. The molecular formula is C18H19N. The maximum atomic E-state index is 3.64. The largest absolute Gasteiger partial charge is 0.302 e. The summed E-state index contributed by atoms with van der Waals surface area (Å²) in [6.07, 6.45) is 4.15. The normalized spacial score (nSPS) is 22.0. The molecular weight excluding hydrogens is 230 g/mol. The van der Waals surface area contributed by atoms with Gasteiger partial charge in [0.15, 0.2) is 0 Å². The van der Waals surface area contributed by atoms with Crippen LogP contribution in [0.2, 0.25) is 0 Å². The lowest BCUT2D eigenvalue weighted by molar-refractivity contribution is 0.419. The first-order valence-corrected chi connectivity index (χ1v) is 7.33. The standard InChI is InChI=1S/C18H19N/c1-2-10-17-16(5-1)12-19-18(17)15-9-4-8-14(11-15)13-6-3-7-13/h1-2,4-5,8-11,13,18-19H,3,6-7,12H2. The molecule has 1 atom stereocenters. The predicted molar refractivity (Wildman–Crippen MR) is 78.2 cm³/mol. The van der Waals surface area contributed by atoms with Crippen molar-refractivity contribution in [1.29, 1.82) is 0 Å². The van der Waals surface area contributed by atoms with Crippen molar-refractivity contribution in [1.82, 2.24) is 5.32 Å². The quantitative estimate of drug-likeness (QED) is 0.843. The third-order valence-electron chi connectivity index (χ3n) is 4.68. The lowest BCUT2D eigenvalue weighted by atomic mass is 9.79. The van der Waals surface area contributed by atoms with Gasteiger partial charge in [-0.1, -0.05) is 55.0 Å². The molecule has 1 aliphatic heterocycles. The summed E-state index contributed by atoms with van der Waals surface area (Å²) in [6.45, 7) is 0.995. The molecule has 0 spiro atoms. The minimum absolute atomic E-state index is 0.385. The third kappa shape index (κ3) is 1.89. The van der Waals surface area contributed by atoms with Crippen molar-refractivity contribution in [2.24, 2.45) is 0 Å². The Morgan fingerprint density at radius 3 is 2.58 bits per heavy atom. The topological polar surface area (TPSA) is 12.0 Å². The van der Waals surface area contributed by atoms with E-state index in [1.807, 2.05) is 0 Å². The molecule has 1 fully saturated rings. The molecule has 1 heterocycles. The first kappa shape index (κ1) is 11.2. The van der Waals surface area contributed by atoms with Gasteiger partial charge in [0.1, 0.15) is 0 Å². The summed E-state index contributed by atoms with van der Waals surface area (Å²) < 4.78 is 0. The summed E-state index contributed by atoms with van der Waals surface area (Å²) in [7, 11) is 0. The van der Waals surface area contributed by atoms with Gasteiger partial charge < -0.3 is 5.32 Å². The van der Waals surface area contributed by atoms with Gasteiger partial charge >= 0.3 is 0 Å². The first-order chi connectivity index (χ1) is 9.42. The highest BCUT2D eigenvalue weighted by molar-refractivity contribution is 5.42. The molecule has 96 valence electrons. The zero-order chi connectivity index (χ0) is 12.7. The van der Waals surface area contributed by atoms with Crippen molar-refractivity contribution >= 4 is 0 Å². The summed E-state index contributed by atoms with van der Waals surface area (Å²) in [5.74, 6) is 0.816. The van der Waals surface area contributed by atoms with E-state index in [0.717, 1.165) is 12.5 Å². The number of fused-ring (bicyclic) bond motifs is 1. The van der Waals surface area contributed by atoms with Crippen LogP contribution in [-0.4, -0.2) is 0 Å². The highest BCUT2D eigenvalue weighted by Crippen LogP contribution is 2.38. The van der Waals surface area contributed by atoms with Crippen LogP contribution in [0.15, 0.2) is 48.5 Å². The van der Waals surface area contributed by atoms with Gasteiger partial charge in [0.25, 0.3) is 0 Å². The Balaban J connectivity index is 1.70. The van der Waals surface area contributed by atoms with Gasteiger partial charge in [0.2, 0.25) is 0 Å². The molecule has 2 aromatic carbocycles. The maximum absolute atomic E-state index is 3.64. The molecule has 1 saturated carbocycles. The fraction of sp³-hybridized carbons (Fsp3) is 0.333. The van der Waals surface area contributed by atoms with Crippen LogP contribution in [0, 0.1) is 0 Å². The van der Waals surface area contributed by atoms with E-state index in [1.54, 1.807) is 0 Å². The molecule has 1 heteroatoms. The van der Waals surface area contributed by atoms with Crippen LogP contribution < -0.4 is 5.32 Å². The smallest absolute Gasteiger partial charge is 0.0582 e. The fourth-order valence-electron chi connectivity index (χ4n) is 3.33. The van der Waals surface area contributed by atoms with E-state index in [-0.39, 0.29) is 0 Å². The second kappa shape index (κ2) is 4.50. The monoisotopic (exact) mass is 249 g/mol. The SMILES string of the molecule is c1cc(C2CCC2)cc(C2NCc3ccccc32)c1. The predicted octanol–water partition coefficient (Wildman–Crippen LogP) is 4.15. The average Bonchev–Trinajstić information content (AvgIpc) is 2.81. The number of benzene rings is 2.